The van der Waals surface area contributed by atoms with E-state index >= 15 is 0 Å². The van der Waals surface area contributed by atoms with Gasteiger partial charge in [-0.1, -0.05) is 128 Å². The summed E-state index contributed by atoms with van der Waals surface area (Å²) in [6, 6.07) is 46.4. The molecule has 0 N–H and O–H groups in total. The molecule has 7 aromatic carbocycles. The highest BCUT2D eigenvalue weighted by Gasteiger charge is 2.18. The minimum atomic E-state index is 1.13. The molecule has 0 aliphatic rings. The first kappa shape index (κ1) is 20.7. The molecule has 0 radical (unpaired) electrons. The van der Waals surface area contributed by atoms with Crippen molar-refractivity contribution in [2.24, 2.45) is 0 Å². The van der Waals surface area contributed by atoms with Crippen LogP contribution in [0.1, 0.15) is 5.56 Å². The summed E-state index contributed by atoms with van der Waals surface area (Å²) in [4.78, 5) is 0. The van der Waals surface area contributed by atoms with Gasteiger partial charge in [0, 0.05) is 0 Å². The van der Waals surface area contributed by atoms with Crippen LogP contribution >= 0.6 is 0 Å². The molecule has 36 heavy (non-hydrogen) atoms. The molecule has 0 heterocycles. The van der Waals surface area contributed by atoms with Crippen molar-refractivity contribution in [2.45, 2.75) is 0 Å². The van der Waals surface area contributed by atoms with E-state index in [1.807, 2.05) is 6.08 Å². The molecule has 0 amide bonds. The average molecular weight is 457 g/mol. The third-order valence-electron chi connectivity index (χ3n) is 7.37. The number of fused-ring (bicyclic) bond motifs is 4. The van der Waals surface area contributed by atoms with Crippen molar-refractivity contribution in [3.63, 3.8) is 0 Å². The highest BCUT2D eigenvalue weighted by Crippen LogP contribution is 2.46. The predicted molar refractivity (Wildman–Crippen MR) is 157 cm³/mol. The Labute approximate surface area is 210 Å². The van der Waals surface area contributed by atoms with Crippen molar-refractivity contribution in [2.75, 3.05) is 0 Å². The van der Waals surface area contributed by atoms with Crippen molar-refractivity contribution in [1.82, 2.24) is 0 Å². The normalized spacial score (nSPS) is 11.4. The lowest BCUT2D eigenvalue weighted by atomic mass is 9.84. The molecule has 0 atom stereocenters. The lowest BCUT2D eigenvalue weighted by molar-refractivity contribution is 1.63. The van der Waals surface area contributed by atoms with Gasteiger partial charge in [0.25, 0.3) is 0 Å². The first-order valence-corrected chi connectivity index (χ1v) is 12.4. The zero-order valence-corrected chi connectivity index (χ0v) is 19.9. The van der Waals surface area contributed by atoms with Crippen molar-refractivity contribution in [3.8, 4) is 22.3 Å². The topological polar surface area (TPSA) is 0 Å². The molecule has 0 spiro atoms. The Bertz CT molecular complexity index is 1880. The van der Waals surface area contributed by atoms with Gasteiger partial charge in [0.2, 0.25) is 0 Å². The fourth-order valence-corrected chi connectivity index (χ4v) is 5.70. The van der Waals surface area contributed by atoms with Crippen molar-refractivity contribution in [3.05, 3.63) is 140 Å². The molecule has 0 aromatic heterocycles. The third-order valence-corrected chi connectivity index (χ3v) is 7.37. The van der Waals surface area contributed by atoms with E-state index in [2.05, 4.69) is 134 Å². The van der Waals surface area contributed by atoms with Gasteiger partial charge in [0.1, 0.15) is 0 Å². The van der Waals surface area contributed by atoms with Crippen LogP contribution in [0.2, 0.25) is 0 Å². The number of rotatable bonds is 3. The zero-order chi connectivity index (χ0) is 24.1. The van der Waals surface area contributed by atoms with Gasteiger partial charge in [0.15, 0.2) is 0 Å². The highest BCUT2D eigenvalue weighted by atomic mass is 14.2. The Hall–Kier alpha value is -4.68. The summed E-state index contributed by atoms with van der Waals surface area (Å²) in [5, 5.41) is 10.2. The minimum Gasteiger partial charge on any atom is -0.0985 e. The summed E-state index contributed by atoms with van der Waals surface area (Å²) in [5.74, 6) is 0. The van der Waals surface area contributed by atoms with E-state index in [1.54, 1.807) is 0 Å². The summed E-state index contributed by atoms with van der Waals surface area (Å²) in [5.41, 5.74) is 6.21. The van der Waals surface area contributed by atoms with Gasteiger partial charge in [-0.05, 0) is 83.0 Å². The van der Waals surface area contributed by atoms with Gasteiger partial charge in [-0.25, -0.2) is 0 Å². The van der Waals surface area contributed by atoms with Crippen LogP contribution < -0.4 is 0 Å². The van der Waals surface area contributed by atoms with E-state index in [0.29, 0.717) is 0 Å². The monoisotopic (exact) mass is 456 g/mol. The van der Waals surface area contributed by atoms with E-state index < -0.39 is 0 Å². The molecule has 7 aromatic rings. The summed E-state index contributed by atoms with van der Waals surface area (Å²) < 4.78 is 0. The third kappa shape index (κ3) is 3.16. The van der Waals surface area contributed by atoms with E-state index in [-0.39, 0.29) is 0 Å². The predicted octanol–water partition coefficient (Wildman–Crippen LogP) is 10.3. The van der Waals surface area contributed by atoms with Crippen molar-refractivity contribution in [1.29, 1.82) is 0 Å². The molecule has 0 saturated heterocycles. The quantitative estimate of drug-likeness (QED) is 0.232. The smallest absolute Gasteiger partial charge is 0.000808 e. The first-order valence-electron chi connectivity index (χ1n) is 12.4. The second-order valence-corrected chi connectivity index (χ2v) is 9.40. The zero-order valence-electron chi connectivity index (χ0n) is 19.9. The largest absolute Gasteiger partial charge is 0.0985 e. The Kier molecular flexibility index (Phi) is 4.72. The molecule has 0 heteroatoms. The maximum atomic E-state index is 3.93. The van der Waals surface area contributed by atoms with Crippen LogP contribution in [0.4, 0.5) is 0 Å². The molecule has 0 aliphatic heterocycles. The Balaban J connectivity index is 1.73. The van der Waals surface area contributed by atoms with E-state index in [0.717, 1.165) is 5.56 Å². The Morgan fingerprint density at radius 1 is 0.444 bits per heavy atom. The molecule has 7 rings (SSSR count). The maximum absolute atomic E-state index is 3.93. The molecule has 0 saturated carbocycles. The minimum absolute atomic E-state index is 1.13. The van der Waals surface area contributed by atoms with Gasteiger partial charge in [-0.15, -0.1) is 0 Å². The summed E-state index contributed by atoms with van der Waals surface area (Å²) in [6.07, 6.45) is 1.90. The Morgan fingerprint density at radius 2 is 0.944 bits per heavy atom. The second kappa shape index (κ2) is 8.22. The molecule has 0 nitrogen and oxygen atoms in total. The van der Waals surface area contributed by atoms with Crippen LogP contribution in [0, 0.1) is 0 Å². The summed E-state index contributed by atoms with van der Waals surface area (Å²) in [6.45, 7) is 3.93. The molecule has 0 bridgehead atoms. The van der Waals surface area contributed by atoms with Crippen LogP contribution in [0.25, 0.3) is 71.4 Å². The van der Waals surface area contributed by atoms with E-state index in [9.17, 15) is 0 Å². The maximum Gasteiger partial charge on any atom is -0.000808 e. The SMILES string of the molecule is C=Cc1ccc(-c2cccc3cc4ccccc4c(-c4c5ccccc5cc5ccccc45)c23)cc1. The highest BCUT2D eigenvalue weighted by molar-refractivity contribution is 6.25. The van der Waals surface area contributed by atoms with E-state index in [4.69, 9.17) is 0 Å². The van der Waals surface area contributed by atoms with Crippen LogP contribution in [-0.2, 0) is 0 Å². The molecule has 0 fully saturated rings. The van der Waals surface area contributed by atoms with Crippen LogP contribution in [-0.4, -0.2) is 0 Å². The fraction of sp³-hybridized carbons (Fsp3) is 0. The fourth-order valence-electron chi connectivity index (χ4n) is 5.70. The number of hydrogen-bond acceptors (Lipinski definition) is 0. The van der Waals surface area contributed by atoms with Gasteiger partial charge in [-0.3, -0.25) is 0 Å². The lowest BCUT2D eigenvalue weighted by Crippen LogP contribution is -1.92. The van der Waals surface area contributed by atoms with Crippen LogP contribution in [0.3, 0.4) is 0 Å². The number of hydrogen-bond donors (Lipinski definition) is 0. The summed E-state index contributed by atoms with van der Waals surface area (Å²) >= 11 is 0. The van der Waals surface area contributed by atoms with Crippen molar-refractivity contribution >= 4 is 49.2 Å². The molecule has 0 aliphatic carbocycles. The molecule has 168 valence electrons. The molecule has 0 unspecified atom stereocenters. The van der Waals surface area contributed by atoms with Gasteiger partial charge >= 0.3 is 0 Å². The first-order chi connectivity index (χ1) is 17.8. The van der Waals surface area contributed by atoms with Gasteiger partial charge < -0.3 is 0 Å². The molecular formula is C36H24. The van der Waals surface area contributed by atoms with Gasteiger partial charge in [-0.2, -0.15) is 0 Å². The van der Waals surface area contributed by atoms with Crippen molar-refractivity contribution < 1.29 is 0 Å². The average Bonchev–Trinajstić information content (AvgIpc) is 2.94. The van der Waals surface area contributed by atoms with E-state index in [1.165, 1.54) is 65.3 Å². The lowest BCUT2D eigenvalue weighted by Gasteiger charge is -2.19. The molecular weight excluding hydrogens is 432 g/mol. The van der Waals surface area contributed by atoms with Crippen LogP contribution in [0.15, 0.2) is 134 Å². The Morgan fingerprint density at radius 3 is 1.53 bits per heavy atom. The number of benzene rings is 7. The van der Waals surface area contributed by atoms with Gasteiger partial charge in [0.05, 0.1) is 0 Å². The second-order valence-electron chi connectivity index (χ2n) is 9.40. The summed E-state index contributed by atoms with van der Waals surface area (Å²) in [7, 11) is 0. The van der Waals surface area contributed by atoms with Crippen LogP contribution in [0.5, 0.6) is 0 Å². The standard InChI is InChI=1S/C36H24/c1-2-24-18-20-25(21-19-24)30-17-9-13-29-23-28-12-5-8-16-33(28)36(34(29)30)35-31-14-6-3-10-26(31)22-27-11-4-7-15-32(27)35/h2-23H,1H2.